The second-order valence-corrected chi connectivity index (χ2v) is 8.19. The Balaban J connectivity index is 2.06. The second kappa shape index (κ2) is 9.64. The number of rotatable bonds is 3. The first-order chi connectivity index (χ1) is 13.2. The molecule has 0 radical (unpaired) electrons. The summed E-state index contributed by atoms with van der Waals surface area (Å²) >= 11 is 1.28. The van der Waals surface area contributed by atoms with Crippen molar-refractivity contribution >= 4 is 34.4 Å². The summed E-state index contributed by atoms with van der Waals surface area (Å²) in [6, 6.07) is 4.48. The Bertz CT molecular complexity index is 765. The summed E-state index contributed by atoms with van der Waals surface area (Å²) in [6.45, 7) is 6.87. The standard InChI is InChI=1S/C19H26FN5O2S/c1-19(2,3)27-18(26)23-14-7-9-25(10-8-14)16-6-5-13(20)11-15(16)24-17(28-4)22-12-21/h5-6,11,14H,7-10H2,1-4H3,(H,22,24)(H,23,26). The monoisotopic (exact) mass is 407 g/mol. The highest BCUT2D eigenvalue weighted by molar-refractivity contribution is 8.13. The summed E-state index contributed by atoms with van der Waals surface area (Å²) in [7, 11) is 0. The van der Waals surface area contributed by atoms with Gasteiger partial charge in [-0.05, 0) is 52.0 Å². The highest BCUT2D eigenvalue weighted by atomic mass is 32.2. The van der Waals surface area contributed by atoms with Gasteiger partial charge in [0.25, 0.3) is 0 Å². The van der Waals surface area contributed by atoms with E-state index in [0.717, 1.165) is 18.5 Å². The molecular formula is C19H26FN5O2S. The van der Waals surface area contributed by atoms with Gasteiger partial charge in [-0.2, -0.15) is 5.26 Å². The number of halogens is 1. The molecule has 0 aliphatic carbocycles. The number of benzene rings is 1. The molecule has 0 saturated carbocycles. The normalized spacial score (nSPS) is 15.7. The fraction of sp³-hybridized carbons (Fsp3) is 0.526. The molecule has 0 unspecified atom stereocenters. The van der Waals surface area contributed by atoms with Crippen molar-refractivity contribution in [1.82, 2.24) is 10.6 Å². The summed E-state index contributed by atoms with van der Waals surface area (Å²) in [6.07, 6.45) is 4.69. The van der Waals surface area contributed by atoms with E-state index in [1.165, 1.54) is 23.9 Å². The van der Waals surface area contributed by atoms with Crippen LogP contribution in [0.3, 0.4) is 0 Å². The predicted molar refractivity (Wildman–Crippen MR) is 110 cm³/mol. The average molecular weight is 408 g/mol. The quantitative estimate of drug-likeness (QED) is 0.343. The number of alkyl carbamates (subject to hydrolysis) is 1. The zero-order valence-corrected chi connectivity index (χ0v) is 17.4. The molecular weight excluding hydrogens is 381 g/mol. The number of anilines is 1. The van der Waals surface area contributed by atoms with Gasteiger partial charge < -0.3 is 15.0 Å². The lowest BCUT2D eigenvalue weighted by Gasteiger charge is -2.34. The predicted octanol–water partition coefficient (Wildman–Crippen LogP) is 3.74. The molecule has 1 heterocycles. The van der Waals surface area contributed by atoms with Crippen molar-refractivity contribution in [2.75, 3.05) is 24.2 Å². The van der Waals surface area contributed by atoms with Crippen LogP contribution in [-0.4, -0.2) is 42.2 Å². The summed E-state index contributed by atoms with van der Waals surface area (Å²) in [4.78, 5) is 18.4. The largest absolute Gasteiger partial charge is 0.444 e. The van der Waals surface area contributed by atoms with E-state index in [0.29, 0.717) is 23.9 Å². The highest BCUT2D eigenvalue weighted by Crippen LogP contribution is 2.32. The van der Waals surface area contributed by atoms with E-state index in [1.54, 1.807) is 12.3 Å². The number of carbonyl (C=O) groups is 1. The van der Waals surface area contributed by atoms with Crippen molar-refractivity contribution in [2.24, 2.45) is 4.99 Å². The molecule has 1 aromatic rings. The van der Waals surface area contributed by atoms with Crippen molar-refractivity contribution in [1.29, 1.82) is 5.26 Å². The Morgan fingerprint density at radius 1 is 1.39 bits per heavy atom. The van der Waals surface area contributed by atoms with E-state index in [9.17, 15) is 9.18 Å². The first-order valence-electron chi connectivity index (χ1n) is 9.03. The maximum absolute atomic E-state index is 13.8. The fourth-order valence-electron chi connectivity index (χ4n) is 2.87. The maximum atomic E-state index is 13.8. The van der Waals surface area contributed by atoms with Crippen LogP contribution >= 0.6 is 11.8 Å². The minimum atomic E-state index is -0.530. The molecule has 7 nitrogen and oxygen atoms in total. The average Bonchev–Trinajstić information content (AvgIpc) is 2.60. The van der Waals surface area contributed by atoms with Crippen LogP contribution in [0.4, 0.5) is 20.6 Å². The first kappa shape index (κ1) is 21.8. The Labute approximate surface area is 169 Å². The van der Waals surface area contributed by atoms with Crippen molar-refractivity contribution in [3.05, 3.63) is 24.0 Å². The van der Waals surface area contributed by atoms with E-state index in [4.69, 9.17) is 10.00 Å². The molecule has 1 aliphatic rings. The molecule has 9 heteroatoms. The molecule has 1 saturated heterocycles. The topological polar surface area (TPSA) is 89.8 Å². The molecule has 2 rings (SSSR count). The van der Waals surface area contributed by atoms with Gasteiger partial charge in [-0.1, -0.05) is 11.8 Å². The van der Waals surface area contributed by atoms with Crippen LogP contribution in [0.25, 0.3) is 0 Å². The lowest BCUT2D eigenvalue weighted by atomic mass is 10.0. The summed E-state index contributed by atoms with van der Waals surface area (Å²) in [5.41, 5.74) is 0.729. The van der Waals surface area contributed by atoms with Gasteiger partial charge in [0, 0.05) is 25.2 Å². The molecule has 0 aromatic heterocycles. The van der Waals surface area contributed by atoms with Crippen LogP contribution < -0.4 is 15.5 Å². The smallest absolute Gasteiger partial charge is 0.407 e. The number of nitrogens with zero attached hydrogens (tertiary/aromatic N) is 3. The van der Waals surface area contributed by atoms with E-state index < -0.39 is 11.7 Å². The number of ether oxygens (including phenoxy) is 1. The van der Waals surface area contributed by atoms with E-state index in [2.05, 4.69) is 20.5 Å². The second-order valence-electron chi connectivity index (χ2n) is 7.40. The minimum Gasteiger partial charge on any atom is -0.444 e. The number of carbonyl (C=O) groups excluding carboxylic acids is 1. The summed E-state index contributed by atoms with van der Waals surface area (Å²) in [5.74, 6) is -0.388. The van der Waals surface area contributed by atoms with Crippen LogP contribution in [0.1, 0.15) is 33.6 Å². The minimum absolute atomic E-state index is 0.0283. The SMILES string of the molecule is CSC(=Nc1cc(F)ccc1N1CCC(NC(=O)OC(C)(C)C)CC1)NC#N. The zero-order valence-electron chi connectivity index (χ0n) is 16.6. The van der Waals surface area contributed by atoms with E-state index in [1.807, 2.05) is 27.0 Å². The van der Waals surface area contributed by atoms with Crippen molar-refractivity contribution in [3.8, 4) is 6.19 Å². The number of amidine groups is 1. The van der Waals surface area contributed by atoms with Gasteiger partial charge in [-0.15, -0.1) is 0 Å². The Kier molecular flexibility index (Phi) is 7.52. The Morgan fingerprint density at radius 3 is 2.64 bits per heavy atom. The Morgan fingerprint density at radius 2 is 2.07 bits per heavy atom. The van der Waals surface area contributed by atoms with Crippen LogP contribution in [0.15, 0.2) is 23.2 Å². The van der Waals surface area contributed by atoms with Gasteiger partial charge in [0.15, 0.2) is 11.4 Å². The third-order valence-corrected chi connectivity index (χ3v) is 4.65. The zero-order chi connectivity index (χ0) is 20.7. The van der Waals surface area contributed by atoms with Crippen LogP contribution in [0, 0.1) is 17.3 Å². The van der Waals surface area contributed by atoms with Crippen molar-refractivity contribution in [2.45, 2.75) is 45.3 Å². The molecule has 2 N–H and O–H groups in total. The van der Waals surface area contributed by atoms with E-state index >= 15 is 0 Å². The van der Waals surface area contributed by atoms with Gasteiger partial charge >= 0.3 is 6.09 Å². The molecule has 1 aromatic carbocycles. The number of nitriles is 1. The van der Waals surface area contributed by atoms with Gasteiger partial charge in [0.05, 0.1) is 11.4 Å². The van der Waals surface area contributed by atoms with E-state index in [-0.39, 0.29) is 11.9 Å². The number of nitrogens with one attached hydrogen (secondary N) is 2. The summed E-state index contributed by atoms with van der Waals surface area (Å²) in [5, 5.41) is 14.6. The van der Waals surface area contributed by atoms with Gasteiger partial charge in [-0.25, -0.2) is 14.2 Å². The third-order valence-electron chi connectivity index (χ3n) is 4.07. The number of amides is 1. The number of hydrogen-bond donors (Lipinski definition) is 2. The lowest BCUT2D eigenvalue weighted by molar-refractivity contribution is 0.0497. The number of aliphatic imine (C=N–C) groups is 1. The first-order valence-corrected chi connectivity index (χ1v) is 10.3. The Hall–Kier alpha value is -2.47. The van der Waals surface area contributed by atoms with Crippen LogP contribution in [-0.2, 0) is 4.74 Å². The van der Waals surface area contributed by atoms with Gasteiger partial charge in [0.2, 0.25) is 0 Å². The number of hydrogen-bond acceptors (Lipinski definition) is 6. The molecule has 0 spiro atoms. The van der Waals surface area contributed by atoms with Gasteiger partial charge in [0.1, 0.15) is 11.4 Å². The number of piperidine rings is 1. The fourth-order valence-corrected chi connectivity index (χ4v) is 3.21. The molecule has 0 atom stereocenters. The third kappa shape index (κ3) is 6.60. The molecule has 1 fully saturated rings. The van der Waals surface area contributed by atoms with Crippen molar-refractivity contribution < 1.29 is 13.9 Å². The van der Waals surface area contributed by atoms with Crippen molar-refractivity contribution in [3.63, 3.8) is 0 Å². The maximum Gasteiger partial charge on any atom is 0.407 e. The summed E-state index contributed by atoms with van der Waals surface area (Å²) < 4.78 is 19.1. The molecule has 1 amide bonds. The van der Waals surface area contributed by atoms with Crippen LogP contribution in [0.2, 0.25) is 0 Å². The van der Waals surface area contributed by atoms with Gasteiger partial charge in [-0.3, -0.25) is 5.32 Å². The van der Waals surface area contributed by atoms with Crippen LogP contribution in [0.5, 0.6) is 0 Å². The highest BCUT2D eigenvalue weighted by Gasteiger charge is 2.25. The molecule has 0 bridgehead atoms. The molecule has 28 heavy (non-hydrogen) atoms. The molecule has 1 aliphatic heterocycles. The molecule has 152 valence electrons. The lowest BCUT2D eigenvalue weighted by Crippen LogP contribution is -2.46. The number of thioether (sulfide) groups is 1.